The van der Waals surface area contributed by atoms with E-state index in [1.807, 2.05) is 25.1 Å². The van der Waals surface area contributed by atoms with Gasteiger partial charge in [-0.2, -0.15) is 0 Å². The van der Waals surface area contributed by atoms with Crippen molar-refractivity contribution in [2.75, 3.05) is 25.0 Å². The van der Waals surface area contributed by atoms with Crippen LogP contribution in [0.3, 0.4) is 0 Å². The van der Waals surface area contributed by atoms with Gasteiger partial charge in [0, 0.05) is 18.1 Å². The maximum Gasteiger partial charge on any atom is 0.264 e. The number of aryl methyl sites for hydroxylation is 2. The van der Waals surface area contributed by atoms with E-state index in [2.05, 4.69) is 15.5 Å². The van der Waals surface area contributed by atoms with E-state index in [4.69, 9.17) is 0 Å². The summed E-state index contributed by atoms with van der Waals surface area (Å²) in [5.74, 6) is -0.979. The molecule has 2 heterocycles. The molecule has 0 spiro atoms. The van der Waals surface area contributed by atoms with Crippen molar-refractivity contribution in [3.63, 3.8) is 0 Å². The van der Waals surface area contributed by atoms with Crippen molar-refractivity contribution in [3.05, 3.63) is 72.1 Å². The third-order valence-corrected chi connectivity index (χ3v) is 8.18. The molecular formula is C26H32N4O4S. The number of carbonyl (C=O) groups excluding carboxylic acids is 2. The number of likely N-dealkylation sites (tertiary alicyclic amines) is 1. The highest BCUT2D eigenvalue weighted by Crippen LogP contribution is 2.23. The van der Waals surface area contributed by atoms with Crippen LogP contribution in [-0.4, -0.2) is 55.1 Å². The van der Waals surface area contributed by atoms with Gasteiger partial charge in [0.15, 0.2) is 0 Å². The predicted molar refractivity (Wildman–Crippen MR) is 135 cm³/mol. The number of carbonyl (C=O) groups is 2. The maximum atomic E-state index is 13.2. The lowest BCUT2D eigenvalue weighted by Crippen LogP contribution is -2.50. The minimum atomic E-state index is -4.00. The minimum Gasteiger partial charge on any atom is -0.329 e. The fraction of sp³-hybridized carbons (Fsp3) is 0.385. The molecule has 2 aromatic rings. The highest BCUT2D eigenvalue weighted by molar-refractivity contribution is 7.89. The third kappa shape index (κ3) is 6.29. The molecule has 2 N–H and O–H groups in total. The molecule has 9 heteroatoms. The summed E-state index contributed by atoms with van der Waals surface area (Å²) in [6, 6.07) is 12.9. The molecule has 0 bridgehead atoms. The number of rotatable bonds is 9. The molecule has 35 heavy (non-hydrogen) atoms. The topological polar surface area (TPSA) is 98.8 Å². The summed E-state index contributed by atoms with van der Waals surface area (Å²) in [5, 5.41) is 5.34. The molecule has 0 aliphatic carbocycles. The summed E-state index contributed by atoms with van der Waals surface area (Å²) in [4.78, 5) is 27.9. The minimum absolute atomic E-state index is 0.0643. The van der Waals surface area contributed by atoms with E-state index in [9.17, 15) is 18.0 Å². The predicted octanol–water partition coefficient (Wildman–Crippen LogP) is 3.01. The fourth-order valence-electron chi connectivity index (χ4n) is 4.48. The van der Waals surface area contributed by atoms with Gasteiger partial charge in [0.1, 0.15) is 6.04 Å². The van der Waals surface area contributed by atoms with E-state index in [0.717, 1.165) is 34.8 Å². The molecule has 2 amide bonds. The van der Waals surface area contributed by atoms with Crippen LogP contribution in [0.4, 0.5) is 5.69 Å². The van der Waals surface area contributed by atoms with Crippen molar-refractivity contribution in [1.82, 2.24) is 14.5 Å². The number of amides is 2. The summed E-state index contributed by atoms with van der Waals surface area (Å²) < 4.78 is 27.4. The molecule has 8 nitrogen and oxygen atoms in total. The lowest BCUT2D eigenvalue weighted by Gasteiger charge is -2.31. The van der Waals surface area contributed by atoms with Crippen LogP contribution in [0.15, 0.2) is 65.8 Å². The van der Waals surface area contributed by atoms with Crippen LogP contribution >= 0.6 is 0 Å². The van der Waals surface area contributed by atoms with Gasteiger partial charge in [-0.15, -0.1) is 0 Å². The zero-order chi connectivity index (χ0) is 24.8. The molecule has 2 aliphatic rings. The first kappa shape index (κ1) is 24.9. The molecule has 1 saturated heterocycles. The zero-order valence-corrected chi connectivity index (χ0v) is 20.8. The fourth-order valence-corrected chi connectivity index (χ4v) is 5.93. The van der Waals surface area contributed by atoms with Crippen molar-refractivity contribution in [2.24, 2.45) is 0 Å². The monoisotopic (exact) mass is 496 g/mol. The lowest BCUT2D eigenvalue weighted by atomic mass is 10.1. The Morgan fingerprint density at radius 2 is 1.86 bits per heavy atom. The molecule has 4 rings (SSSR count). The quantitative estimate of drug-likeness (QED) is 0.556. The molecule has 0 unspecified atom stereocenters. The van der Waals surface area contributed by atoms with Crippen molar-refractivity contribution in [1.29, 1.82) is 0 Å². The molecule has 186 valence electrons. The van der Waals surface area contributed by atoms with E-state index < -0.39 is 27.9 Å². The van der Waals surface area contributed by atoms with Crippen molar-refractivity contribution >= 4 is 27.5 Å². The van der Waals surface area contributed by atoms with Crippen LogP contribution in [0.5, 0.6) is 0 Å². The summed E-state index contributed by atoms with van der Waals surface area (Å²) in [6.45, 7) is 5.29. The standard InChI is InChI=1S/C26H32N4O4S/c1-20-9-11-23(12-10-20)35(33,34)30-17-13-27-26(32)24(30)19-25(31)28-22-8-4-6-21(18-22)7-5-16-29-14-2-3-15-29/h4,6,8-13,17-18,24H,2-3,5,7,14-16,19H2,1H3,(H,27,32)(H,28,31)/t24-/m1/s1. The molecule has 1 atom stereocenters. The summed E-state index contributed by atoms with van der Waals surface area (Å²) in [5.41, 5.74) is 2.68. The average Bonchev–Trinajstić information content (AvgIpc) is 3.34. The second-order valence-electron chi connectivity index (χ2n) is 9.09. The van der Waals surface area contributed by atoms with E-state index in [-0.39, 0.29) is 11.3 Å². The first-order valence-electron chi connectivity index (χ1n) is 12.0. The molecule has 0 radical (unpaired) electrons. The average molecular weight is 497 g/mol. The van der Waals surface area contributed by atoms with Gasteiger partial charge in [-0.25, -0.2) is 8.42 Å². The first-order valence-corrected chi connectivity index (χ1v) is 13.5. The maximum absolute atomic E-state index is 13.2. The van der Waals surface area contributed by atoms with Gasteiger partial charge in [0.05, 0.1) is 11.3 Å². The van der Waals surface area contributed by atoms with Crippen LogP contribution < -0.4 is 10.6 Å². The molecule has 2 aromatic carbocycles. The number of nitrogens with zero attached hydrogens (tertiary/aromatic N) is 2. The van der Waals surface area contributed by atoms with Crippen molar-refractivity contribution in [3.8, 4) is 0 Å². The van der Waals surface area contributed by atoms with Crippen LogP contribution in [-0.2, 0) is 26.0 Å². The largest absolute Gasteiger partial charge is 0.329 e. The van der Waals surface area contributed by atoms with Crippen LogP contribution in [0.2, 0.25) is 0 Å². The number of nitrogens with one attached hydrogen (secondary N) is 2. The normalized spacial score (nSPS) is 18.5. The van der Waals surface area contributed by atoms with Crippen molar-refractivity contribution < 1.29 is 18.0 Å². The number of benzene rings is 2. The summed E-state index contributed by atoms with van der Waals surface area (Å²) in [7, 11) is -4.00. The smallest absolute Gasteiger partial charge is 0.264 e. The molecule has 1 fully saturated rings. The highest BCUT2D eigenvalue weighted by atomic mass is 32.2. The number of hydrogen-bond donors (Lipinski definition) is 2. The third-order valence-electron chi connectivity index (χ3n) is 6.38. The Balaban J connectivity index is 1.40. The Morgan fingerprint density at radius 1 is 1.11 bits per heavy atom. The Labute approximate surface area is 207 Å². The second-order valence-corrected chi connectivity index (χ2v) is 10.9. The van der Waals surface area contributed by atoms with E-state index in [0.29, 0.717) is 5.69 Å². The Bertz CT molecular complexity index is 1190. The Morgan fingerprint density at radius 3 is 2.60 bits per heavy atom. The van der Waals surface area contributed by atoms with Gasteiger partial charge in [0.25, 0.3) is 10.0 Å². The SMILES string of the molecule is Cc1ccc(S(=O)(=O)N2C=CNC(=O)[C@H]2CC(=O)Nc2cccc(CCCN3CCCC3)c2)cc1. The number of hydrogen-bond acceptors (Lipinski definition) is 5. The van der Waals surface area contributed by atoms with Gasteiger partial charge in [0.2, 0.25) is 11.8 Å². The van der Waals surface area contributed by atoms with Crippen LogP contribution in [0.1, 0.15) is 36.8 Å². The van der Waals surface area contributed by atoms with Gasteiger partial charge >= 0.3 is 0 Å². The van der Waals surface area contributed by atoms with Gasteiger partial charge in [-0.05, 0) is 82.1 Å². The van der Waals surface area contributed by atoms with Crippen molar-refractivity contribution in [2.45, 2.75) is 50.0 Å². The number of sulfonamides is 1. The second kappa shape index (κ2) is 11.0. The van der Waals surface area contributed by atoms with Gasteiger partial charge < -0.3 is 15.5 Å². The van der Waals surface area contributed by atoms with E-state index in [1.54, 1.807) is 18.2 Å². The van der Waals surface area contributed by atoms with Crippen LogP contribution in [0.25, 0.3) is 0 Å². The van der Waals surface area contributed by atoms with Crippen LogP contribution in [0, 0.1) is 6.92 Å². The van der Waals surface area contributed by atoms with Gasteiger partial charge in [-0.1, -0.05) is 29.8 Å². The lowest BCUT2D eigenvalue weighted by molar-refractivity contribution is -0.127. The number of anilines is 1. The first-order chi connectivity index (χ1) is 16.8. The summed E-state index contributed by atoms with van der Waals surface area (Å²) >= 11 is 0. The van der Waals surface area contributed by atoms with E-state index in [1.165, 1.54) is 50.5 Å². The van der Waals surface area contributed by atoms with E-state index >= 15 is 0 Å². The molecule has 2 aliphatic heterocycles. The Hall–Kier alpha value is -3.17. The highest BCUT2D eigenvalue weighted by Gasteiger charge is 2.36. The molecular weight excluding hydrogens is 464 g/mol. The Kier molecular flexibility index (Phi) is 7.87. The molecule has 0 aromatic heterocycles. The van der Waals surface area contributed by atoms with Gasteiger partial charge in [-0.3, -0.25) is 13.9 Å². The molecule has 0 saturated carbocycles. The summed E-state index contributed by atoms with van der Waals surface area (Å²) in [6.07, 6.45) is 6.78. The zero-order valence-electron chi connectivity index (χ0n) is 19.9.